The third-order valence-electron chi connectivity index (χ3n) is 3.75. The summed E-state index contributed by atoms with van der Waals surface area (Å²) in [6, 6.07) is -0.218. The van der Waals surface area contributed by atoms with Crippen LogP contribution in [-0.2, 0) is 19.1 Å². The predicted octanol–water partition coefficient (Wildman–Crippen LogP) is 1.46. The number of rotatable bonds is 7. The molecule has 0 bridgehead atoms. The van der Waals surface area contributed by atoms with Crippen LogP contribution in [0.25, 0.3) is 0 Å². The van der Waals surface area contributed by atoms with Crippen molar-refractivity contribution in [1.82, 2.24) is 10.2 Å². The summed E-state index contributed by atoms with van der Waals surface area (Å²) in [7, 11) is 1.33. The van der Waals surface area contributed by atoms with Gasteiger partial charge in [0.2, 0.25) is 0 Å². The molecule has 126 valence electrons. The van der Waals surface area contributed by atoms with Gasteiger partial charge in [0.1, 0.15) is 6.54 Å². The first-order valence-electron chi connectivity index (χ1n) is 7.85. The van der Waals surface area contributed by atoms with Crippen LogP contribution in [-0.4, -0.2) is 55.7 Å². The topological polar surface area (TPSA) is 84.9 Å². The minimum Gasteiger partial charge on any atom is -0.469 e. The number of carbonyl (C=O) groups is 3. The molecule has 0 aromatic heterocycles. The summed E-state index contributed by atoms with van der Waals surface area (Å²) in [5.74, 6) is -0.814. The highest BCUT2D eigenvalue weighted by Crippen LogP contribution is 2.22. The zero-order valence-corrected chi connectivity index (χ0v) is 13.4. The fourth-order valence-electron chi connectivity index (χ4n) is 2.62. The molecule has 0 aromatic carbocycles. The van der Waals surface area contributed by atoms with Gasteiger partial charge < -0.3 is 19.7 Å². The maximum Gasteiger partial charge on any atom is 0.325 e. The minimum absolute atomic E-state index is 0.112. The molecule has 1 rings (SSSR count). The van der Waals surface area contributed by atoms with E-state index in [1.807, 2.05) is 0 Å². The largest absolute Gasteiger partial charge is 0.469 e. The van der Waals surface area contributed by atoms with E-state index in [1.54, 1.807) is 11.8 Å². The molecular weight excluding hydrogens is 288 g/mol. The van der Waals surface area contributed by atoms with Crippen LogP contribution in [0.3, 0.4) is 0 Å². The summed E-state index contributed by atoms with van der Waals surface area (Å²) in [6.07, 6.45) is 5.32. The fourth-order valence-corrected chi connectivity index (χ4v) is 2.62. The molecule has 22 heavy (non-hydrogen) atoms. The molecule has 2 amide bonds. The van der Waals surface area contributed by atoms with Crippen molar-refractivity contribution in [3.8, 4) is 0 Å². The monoisotopic (exact) mass is 314 g/mol. The molecule has 1 fully saturated rings. The lowest BCUT2D eigenvalue weighted by Gasteiger charge is -2.34. The maximum atomic E-state index is 12.3. The second kappa shape index (κ2) is 10.0. The Balaban J connectivity index is 2.56. The van der Waals surface area contributed by atoms with E-state index in [1.165, 1.54) is 13.5 Å². The molecule has 0 atom stereocenters. The Labute approximate surface area is 131 Å². The number of hydrogen-bond acceptors (Lipinski definition) is 5. The van der Waals surface area contributed by atoms with Crippen LogP contribution in [0, 0.1) is 0 Å². The first-order valence-corrected chi connectivity index (χ1v) is 7.85. The van der Waals surface area contributed by atoms with E-state index < -0.39 is 5.97 Å². The SMILES string of the molecule is CCOC(=O)CNC(=O)N(CCC(=O)OC)C1CCCCC1. The third-order valence-corrected chi connectivity index (χ3v) is 3.75. The van der Waals surface area contributed by atoms with Crippen molar-refractivity contribution in [2.45, 2.75) is 51.5 Å². The van der Waals surface area contributed by atoms with Gasteiger partial charge in [0.25, 0.3) is 0 Å². The number of urea groups is 1. The summed E-state index contributed by atoms with van der Waals surface area (Å²) < 4.78 is 9.41. The minimum atomic E-state index is -0.465. The van der Waals surface area contributed by atoms with E-state index in [0.29, 0.717) is 6.54 Å². The fraction of sp³-hybridized carbons (Fsp3) is 0.800. The van der Waals surface area contributed by atoms with Crippen molar-refractivity contribution in [2.24, 2.45) is 0 Å². The molecule has 0 unspecified atom stereocenters. The highest BCUT2D eigenvalue weighted by atomic mass is 16.5. The summed E-state index contributed by atoms with van der Waals surface area (Å²) >= 11 is 0. The van der Waals surface area contributed by atoms with E-state index in [4.69, 9.17) is 4.74 Å². The molecule has 0 saturated heterocycles. The van der Waals surface area contributed by atoms with Crippen LogP contribution in [0.5, 0.6) is 0 Å². The van der Waals surface area contributed by atoms with Gasteiger partial charge in [0.15, 0.2) is 0 Å². The Bertz CT molecular complexity index is 380. The summed E-state index contributed by atoms with van der Waals surface area (Å²) in [5, 5.41) is 2.57. The second-order valence-corrected chi connectivity index (χ2v) is 5.28. The molecular formula is C15H26N2O5. The van der Waals surface area contributed by atoms with Crippen LogP contribution in [0.1, 0.15) is 45.4 Å². The van der Waals surface area contributed by atoms with E-state index >= 15 is 0 Å². The van der Waals surface area contributed by atoms with E-state index in [9.17, 15) is 14.4 Å². The van der Waals surface area contributed by atoms with Crippen molar-refractivity contribution >= 4 is 18.0 Å². The molecule has 7 heteroatoms. The first-order chi connectivity index (χ1) is 10.6. The zero-order valence-electron chi connectivity index (χ0n) is 13.4. The Morgan fingerprint density at radius 3 is 2.41 bits per heavy atom. The maximum absolute atomic E-state index is 12.3. The van der Waals surface area contributed by atoms with Crippen LogP contribution >= 0.6 is 0 Å². The second-order valence-electron chi connectivity index (χ2n) is 5.28. The summed E-state index contributed by atoms with van der Waals surface area (Å²) in [4.78, 5) is 36.6. The highest BCUT2D eigenvalue weighted by Gasteiger charge is 2.26. The Kier molecular flexibility index (Phi) is 8.32. The highest BCUT2D eigenvalue weighted by molar-refractivity contribution is 5.81. The van der Waals surface area contributed by atoms with Crippen LogP contribution in [0.4, 0.5) is 4.79 Å². The van der Waals surface area contributed by atoms with Crippen molar-refractivity contribution in [2.75, 3.05) is 26.8 Å². The number of nitrogens with zero attached hydrogens (tertiary/aromatic N) is 1. The van der Waals surface area contributed by atoms with Crippen molar-refractivity contribution in [3.63, 3.8) is 0 Å². The van der Waals surface area contributed by atoms with Gasteiger partial charge in [-0.15, -0.1) is 0 Å². The van der Waals surface area contributed by atoms with Gasteiger partial charge in [-0.2, -0.15) is 0 Å². The third kappa shape index (κ3) is 6.32. The first kappa shape index (κ1) is 18.3. The van der Waals surface area contributed by atoms with Gasteiger partial charge >= 0.3 is 18.0 Å². The van der Waals surface area contributed by atoms with Gasteiger partial charge in [-0.1, -0.05) is 19.3 Å². The molecule has 1 saturated carbocycles. The Morgan fingerprint density at radius 2 is 1.82 bits per heavy atom. The van der Waals surface area contributed by atoms with E-state index in [0.717, 1.165) is 25.7 Å². The molecule has 0 spiro atoms. The zero-order chi connectivity index (χ0) is 16.4. The van der Waals surface area contributed by atoms with Gasteiger partial charge in [0.05, 0.1) is 20.1 Å². The van der Waals surface area contributed by atoms with Gasteiger partial charge in [-0.25, -0.2) is 4.79 Å². The number of hydrogen-bond donors (Lipinski definition) is 1. The predicted molar refractivity (Wildman–Crippen MR) is 80.2 cm³/mol. The molecule has 1 N–H and O–H groups in total. The van der Waals surface area contributed by atoms with Crippen molar-refractivity contribution in [3.05, 3.63) is 0 Å². The lowest BCUT2D eigenvalue weighted by molar-refractivity contribution is -0.142. The average molecular weight is 314 g/mol. The smallest absolute Gasteiger partial charge is 0.325 e. The summed E-state index contributed by atoms with van der Waals surface area (Å²) in [6.45, 7) is 2.13. The standard InChI is InChI=1S/C15H26N2O5/c1-3-22-14(19)11-16-15(20)17(10-9-13(18)21-2)12-7-5-4-6-8-12/h12H,3-11H2,1-2H3,(H,16,20). The average Bonchev–Trinajstić information content (AvgIpc) is 2.54. The quantitative estimate of drug-likeness (QED) is 0.719. The summed E-state index contributed by atoms with van der Waals surface area (Å²) in [5.41, 5.74) is 0. The van der Waals surface area contributed by atoms with Gasteiger partial charge in [0, 0.05) is 12.6 Å². The lowest BCUT2D eigenvalue weighted by Crippen LogP contribution is -2.49. The molecule has 7 nitrogen and oxygen atoms in total. The normalized spacial score (nSPS) is 15.0. The molecule has 0 aromatic rings. The van der Waals surface area contributed by atoms with Crippen LogP contribution < -0.4 is 5.32 Å². The molecule has 0 aliphatic heterocycles. The van der Waals surface area contributed by atoms with Gasteiger partial charge in [-0.3, -0.25) is 9.59 Å². The number of ether oxygens (including phenoxy) is 2. The molecule has 0 radical (unpaired) electrons. The number of methoxy groups -OCH3 is 1. The van der Waals surface area contributed by atoms with Crippen LogP contribution in [0.2, 0.25) is 0 Å². The van der Waals surface area contributed by atoms with E-state index in [-0.39, 0.29) is 37.6 Å². The van der Waals surface area contributed by atoms with Crippen molar-refractivity contribution < 1.29 is 23.9 Å². The Morgan fingerprint density at radius 1 is 1.14 bits per heavy atom. The molecule has 0 heterocycles. The Hall–Kier alpha value is -1.79. The number of esters is 2. The van der Waals surface area contributed by atoms with E-state index in [2.05, 4.69) is 10.1 Å². The lowest BCUT2D eigenvalue weighted by atomic mass is 9.94. The van der Waals surface area contributed by atoms with Crippen molar-refractivity contribution in [1.29, 1.82) is 0 Å². The van der Waals surface area contributed by atoms with Crippen LogP contribution in [0.15, 0.2) is 0 Å². The number of nitrogens with one attached hydrogen (secondary N) is 1. The molecule has 1 aliphatic carbocycles. The van der Waals surface area contributed by atoms with Gasteiger partial charge in [-0.05, 0) is 19.8 Å². The molecule has 1 aliphatic rings. The number of amides is 2. The number of carbonyl (C=O) groups excluding carboxylic acids is 3.